The van der Waals surface area contributed by atoms with Crippen LogP contribution in [0.2, 0.25) is 0 Å². The lowest BCUT2D eigenvalue weighted by Crippen LogP contribution is -2.16. The number of hydrogen-bond acceptors (Lipinski definition) is 4. The number of ether oxygens (including phenoxy) is 1. The van der Waals surface area contributed by atoms with Crippen LogP contribution in [-0.2, 0) is 0 Å². The van der Waals surface area contributed by atoms with Crippen molar-refractivity contribution in [3.05, 3.63) is 47.9 Å². The molecule has 3 rings (SSSR count). The van der Waals surface area contributed by atoms with Crippen molar-refractivity contribution in [2.24, 2.45) is 0 Å². The molecule has 0 spiro atoms. The van der Waals surface area contributed by atoms with Gasteiger partial charge in [-0.2, -0.15) is 0 Å². The van der Waals surface area contributed by atoms with Gasteiger partial charge in [0.1, 0.15) is 12.1 Å². The zero-order valence-electron chi connectivity index (χ0n) is 9.75. The molecule has 1 amide bonds. The van der Waals surface area contributed by atoms with Crippen LogP contribution < -0.4 is 10.1 Å². The average molecular weight is 241 g/mol. The van der Waals surface area contributed by atoms with Crippen molar-refractivity contribution in [2.75, 3.05) is 0 Å². The summed E-state index contributed by atoms with van der Waals surface area (Å²) >= 11 is 0. The van der Waals surface area contributed by atoms with Gasteiger partial charge >= 0.3 is 0 Å². The van der Waals surface area contributed by atoms with E-state index in [4.69, 9.17) is 4.74 Å². The van der Waals surface area contributed by atoms with Crippen LogP contribution in [0.25, 0.3) is 0 Å². The predicted octanol–water partition coefficient (Wildman–Crippen LogP) is 2.07. The molecule has 1 aromatic heterocycles. The lowest BCUT2D eigenvalue weighted by molar-refractivity contribution is 0.0958. The van der Waals surface area contributed by atoms with Gasteiger partial charge in [-0.3, -0.25) is 4.79 Å². The van der Waals surface area contributed by atoms with E-state index in [-0.39, 0.29) is 11.9 Å². The summed E-state index contributed by atoms with van der Waals surface area (Å²) in [6.07, 6.45) is 3.04. The van der Waals surface area contributed by atoms with Gasteiger partial charge in [0.25, 0.3) is 5.91 Å². The van der Waals surface area contributed by atoms with Crippen LogP contribution in [0.5, 0.6) is 11.6 Å². The fourth-order valence-corrected chi connectivity index (χ4v) is 1.98. The maximum absolute atomic E-state index is 11.6. The summed E-state index contributed by atoms with van der Waals surface area (Å²) in [5.74, 6) is 1.11. The smallest absolute Gasteiger partial charge is 0.252 e. The van der Waals surface area contributed by atoms with Crippen molar-refractivity contribution in [2.45, 2.75) is 13.0 Å². The van der Waals surface area contributed by atoms with E-state index < -0.39 is 0 Å². The highest BCUT2D eigenvalue weighted by molar-refractivity contribution is 5.99. The number of aromatic nitrogens is 2. The molecule has 1 unspecified atom stereocenters. The molecule has 0 saturated carbocycles. The Kier molecular flexibility index (Phi) is 2.44. The zero-order valence-corrected chi connectivity index (χ0v) is 9.75. The van der Waals surface area contributed by atoms with Crippen molar-refractivity contribution in [3.8, 4) is 11.6 Å². The SMILES string of the molecule is CC1NC(=O)c2ccc(Oc3ccncn3)cc21. The third kappa shape index (κ3) is 1.79. The van der Waals surface area contributed by atoms with Crippen LogP contribution in [0, 0.1) is 0 Å². The minimum absolute atomic E-state index is 0.0152. The number of nitrogens with zero attached hydrogens (tertiary/aromatic N) is 2. The molecule has 18 heavy (non-hydrogen) atoms. The Hall–Kier alpha value is -2.43. The second kappa shape index (κ2) is 4.10. The van der Waals surface area contributed by atoms with E-state index in [0.29, 0.717) is 17.2 Å². The van der Waals surface area contributed by atoms with Gasteiger partial charge in [-0.25, -0.2) is 9.97 Å². The molecule has 0 fully saturated rings. The Morgan fingerprint density at radius 1 is 1.33 bits per heavy atom. The molecular formula is C13H11N3O2. The molecule has 0 radical (unpaired) electrons. The molecule has 5 heteroatoms. The van der Waals surface area contributed by atoms with Gasteiger partial charge in [0.05, 0.1) is 6.04 Å². The highest BCUT2D eigenvalue weighted by atomic mass is 16.5. The van der Waals surface area contributed by atoms with Crippen LogP contribution >= 0.6 is 0 Å². The van der Waals surface area contributed by atoms with Crippen molar-refractivity contribution in [3.63, 3.8) is 0 Å². The minimum Gasteiger partial charge on any atom is -0.439 e. The number of hydrogen-bond donors (Lipinski definition) is 1. The topological polar surface area (TPSA) is 64.1 Å². The van der Waals surface area contributed by atoms with E-state index in [2.05, 4.69) is 15.3 Å². The molecule has 1 N–H and O–H groups in total. The lowest BCUT2D eigenvalue weighted by atomic mass is 10.1. The summed E-state index contributed by atoms with van der Waals surface area (Å²) in [7, 11) is 0. The van der Waals surface area contributed by atoms with Gasteiger partial charge < -0.3 is 10.1 Å². The summed E-state index contributed by atoms with van der Waals surface area (Å²) < 4.78 is 5.60. The van der Waals surface area contributed by atoms with E-state index in [1.54, 1.807) is 24.4 Å². The monoisotopic (exact) mass is 241 g/mol. The third-order valence-corrected chi connectivity index (χ3v) is 2.86. The van der Waals surface area contributed by atoms with Crippen molar-refractivity contribution in [1.82, 2.24) is 15.3 Å². The highest BCUT2D eigenvalue weighted by Gasteiger charge is 2.25. The molecule has 1 aromatic carbocycles. The number of nitrogens with one attached hydrogen (secondary N) is 1. The van der Waals surface area contributed by atoms with E-state index >= 15 is 0 Å². The van der Waals surface area contributed by atoms with Crippen LogP contribution in [0.3, 0.4) is 0 Å². The van der Waals surface area contributed by atoms with Crippen LogP contribution in [0.15, 0.2) is 36.8 Å². The molecular weight excluding hydrogens is 230 g/mol. The van der Waals surface area contributed by atoms with Gasteiger partial charge in [-0.05, 0) is 30.7 Å². The molecule has 5 nitrogen and oxygen atoms in total. The van der Waals surface area contributed by atoms with Crippen LogP contribution in [0.1, 0.15) is 28.9 Å². The van der Waals surface area contributed by atoms with Crippen LogP contribution in [-0.4, -0.2) is 15.9 Å². The molecule has 1 atom stereocenters. The van der Waals surface area contributed by atoms with E-state index in [9.17, 15) is 4.79 Å². The molecule has 0 aliphatic carbocycles. The minimum atomic E-state index is -0.0360. The molecule has 2 heterocycles. The third-order valence-electron chi connectivity index (χ3n) is 2.86. The first-order valence-corrected chi connectivity index (χ1v) is 5.63. The summed E-state index contributed by atoms with van der Waals surface area (Å²) in [6.45, 7) is 1.94. The first-order chi connectivity index (χ1) is 8.74. The first-order valence-electron chi connectivity index (χ1n) is 5.63. The first kappa shape index (κ1) is 10.7. The number of amides is 1. The van der Waals surface area contributed by atoms with Crippen molar-refractivity contribution < 1.29 is 9.53 Å². The number of fused-ring (bicyclic) bond motifs is 1. The Balaban J connectivity index is 1.92. The lowest BCUT2D eigenvalue weighted by Gasteiger charge is -2.07. The quantitative estimate of drug-likeness (QED) is 0.874. The fourth-order valence-electron chi connectivity index (χ4n) is 1.98. The van der Waals surface area contributed by atoms with Gasteiger partial charge in [-0.15, -0.1) is 0 Å². The molecule has 1 aliphatic heterocycles. The van der Waals surface area contributed by atoms with E-state index in [1.807, 2.05) is 13.0 Å². The van der Waals surface area contributed by atoms with Gasteiger partial charge in [-0.1, -0.05) is 0 Å². The largest absolute Gasteiger partial charge is 0.439 e. The van der Waals surface area contributed by atoms with Crippen molar-refractivity contribution >= 4 is 5.91 Å². The Bertz CT molecular complexity index is 598. The van der Waals surface area contributed by atoms with Gasteiger partial charge in [0.2, 0.25) is 5.88 Å². The second-order valence-corrected chi connectivity index (χ2v) is 4.09. The van der Waals surface area contributed by atoms with Crippen molar-refractivity contribution in [1.29, 1.82) is 0 Å². The molecule has 0 saturated heterocycles. The maximum atomic E-state index is 11.6. The molecule has 90 valence electrons. The van der Waals surface area contributed by atoms with E-state index in [1.165, 1.54) is 6.33 Å². The number of rotatable bonds is 2. The van der Waals surface area contributed by atoms with Crippen LogP contribution in [0.4, 0.5) is 0 Å². The molecule has 0 bridgehead atoms. The fraction of sp³-hybridized carbons (Fsp3) is 0.154. The Morgan fingerprint density at radius 3 is 3.00 bits per heavy atom. The second-order valence-electron chi connectivity index (χ2n) is 4.09. The van der Waals surface area contributed by atoms with E-state index in [0.717, 1.165) is 5.56 Å². The molecule has 2 aromatic rings. The molecule has 1 aliphatic rings. The Morgan fingerprint density at radius 2 is 2.22 bits per heavy atom. The zero-order chi connectivity index (χ0) is 12.5. The highest BCUT2D eigenvalue weighted by Crippen LogP contribution is 2.30. The standard InChI is InChI=1S/C13H11N3O2/c1-8-11-6-9(2-3-10(11)13(17)16-8)18-12-4-5-14-7-15-12/h2-8H,1H3,(H,16,17). The number of benzene rings is 1. The predicted molar refractivity (Wildman–Crippen MR) is 64.4 cm³/mol. The van der Waals surface area contributed by atoms with Gasteiger partial charge in [0.15, 0.2) is 0 Å². The number of carbonyl (C=O) groups excluding carboxylic acids is 1. The Labute approximate surface area is 104 Å². The summed E-state index contributed by atoms with van der Waals surface area (Å²) in [5.41, 5.74) is 1.66. The normalized spacial score (nSPS) is 17.2. The summed E-state index contributed by atoms with van der Waals surface area (Å²) in [5, 5.41) is 2.85. The van der Waals surface area contributed by atoms with Gasteiger partial charge in [0, 0.05) is 17.8 Å². The number of carbonyl (C=O) groups is 1. The summed E-state index contributed by atoms with van der Waals surface area (Å²) in [6, 6.07) is 7.09. The summed E-state index contributed by atoms with van der Waals surface area (Å²) in [4.78, 5) is 19.4. The maximum Gasteiger partial charge on any atom is 0.252 e. The average Bonchev–Trinajstić information content (AvgIpc) is 2.66.